The number of halogens is 1. The Labute approximate surface area is 202 Å². The number of aromatic nitrogens is 3. The van der Waals surface area contributed by atoms with Gasteiger partial charge in [0.15, 0.2) is 0 Å². The molecule has 0 N–H and O–H groups in total. The molecule has 8 heteroatoms. The Morgan fingerprint density at radius 1 is 1.00 bits per heavy atom. The van der Waals surface area contributed by atoms with Gasteiger partial charge in [-0.2, -0.15) is 0 Å². The van der Waals surface area contributed by atoms with Gasteiger partial charge < -0.3 is 14.4 Å². The van der Waals surface area contributed by atoms with Crippen molar-refractivity contribution in [3.05, 3.63) is 94.8 Å². The predicted molar refractivity (Wildman–Crippen MR) is 132 cm³/mol. The van der Waals surface area contributed by atoms with Gasteiger partial charge in [-0.05, 0) is 47.5 Å². The summed E-state index contributed by atoms with van der Waals surface area (Å²) in [6.45, 7) is 1.55. The van der Waals surface area contributed by atoms with Gasteiger partial charge in [-0.25, -0.2) is 9.37 Å². The lowest BCUT2D eigenvalue weighted by molar-refractivity contribution is 0.0375. The summed E-state index contributed by atoms with van der Waals surface area (Å²) >= 11 is 0. The van der Waals surface area contributed by atoms with Crippen LogP contribution in [0.15, 0.2) is 77.9 Å². The summed E-state index contributed by atoms with van der Waals surface area (Å²) in [6, 6.07) is 17.4. The Kier molecular flexibility index (Phi) is 6.29. The number of benzene rings is 2. The van der Waals surface area contributed by atoms with Crippen molar-refractivity contribution in [1.29, 1.82) is 0 Å². The summed E-state index contributed by atoms with van der Waals surface area (Å²) in [5.41, 5.74) is 4.01. The first-order chi connectivity index (χ1) is 17.0. The highest BCUT2D eigenvalue weighted by molar-refractivity contribution is 5.66. The molecule has 1 unspecified atom stereocenters. The summed E-state index contributed by atoms with van der Waals surface area (Å²) in [7, 11) is 3.35. The summed E-state index contributed by atoms with van der Waals surface area (Å²) in [5, 5.41) is 0. The second-order valence-corrected chi connectivity index (χ2v) is 8.34. The minimum absolute atomic E-state index is 0.138. The molecule has 0 amide bonds. The molecule has 7 nitrogen and oxygen atoms in total. The van der Waals surface area contributed by atoms with E-state index in [1.54, 1.807) is 43.3 Å². The van der Waals surface area contributed by atoms with Crippen LogP contribution in [-0.4, -0.2) is 41.3 Å². The Morgan fingerprint density at radius 2 is 1.74 bits per heavy atom. The van der Waals surface area contributed by atoms with E-state index >= 15 is 0 Å². The molecule has 1 fully saturated rings. The molecular weight excluding hydrogens is 447 g/mol. The Morgan fingerprint density at radius 3 is 2.49 bits per heavy atom. The fourth-order valence-corrected chi connectivity index (χ4v) is 4.31. The van der Waals surface area contributed by atoms with Crippen molar-refractivity contribution in [1.82, 2.24) is 14.5 Å². The van der Waals surface area contributed by atoms with E-state index in [2.05, 4.69) is 9.88 Å². The number of hydrogen-bond donors (Lipinski definition) is 0. The molecule has 2 aromatic heterocycles. The lowest BCUT2D eigenvalue weighted by atomic mass is 9.99. The van der Waals surface area contributed by atoms with Gasteiger partial charge >= 0.3 is 0 Å². The number of methoxy groups -OCH3 is 1. The number of nitrogens with zero attached hydrogens (tertiary/aromatic N) is 4. The van der Waals surface area contributed by atoms with Gasteiger partial charge in [-0.15, -0.1) is 0 Å². The van der Waals surface area contributed by atoms with Crippen LogP contribution in [0.2, 0.25) is 0 Å². The maximum atomic E-state index is 13.4. The van der Waals surface area contributed by atoms with Crippen molar-refractivity contribution in [2.45, 2.75) is 6.10 Å². The highest BCUT2D eigenvalue weighted by Crippen LogP contribution is 2.35. The van der Waals surface area contributed by atoms with Crippen LogP contribution in [0.5, 0.6) is 5.75 Å². The maximum absolute atomic E-state index is 13.4. The van der Waals surface area contributed by atoms with E-state index in [4.69, 9.17) is 14.5 Å². The highest BCUT2D eigenvalue weighted by Gasteiger charge is 2.27. The zero-order valence-electron chi connectivity index (χ0n) is 19.5. The monoisotopic (exact) mass is 472 g/mol. The lowest BCUT2D eigenvalue weighted by Gasteiger charge is -2.35. The van der Waals surface area contributed by atoms with Crippen LogP contribution in [0.3, 0.4) is 0 Å². The van der Waals surface area contributed by atoms with Gasteiger partial charge in [0, 0.05) is 43.2 Å². The smallest absolute Gasteiger partial charge is 0.255 e. The van der Waals surface area contributed by atoms with E-state index in [-0.39, 0.29) is 17.5 Å². The molecule has 35 heavy (non-hydrogen) atoms. The average molecular weight is 473 g/mol. The van der Waals surface area contributed by atoms with Crippen molar-refractivity contribution in [2.75, 3.05) is 31.7 Å². The number of hydrogen-bond acceptors (Lipinski definition) is 6. The molecule has 2 aromatic carbocycles. The number of ether oxygens (including phenoxy) is 2. The number of rotatable bonds is 5. The first-order valence-electron chi connectivity index (χ1n) is 11.3. The summed E-state index contributed by atoms with van der Waals surface area (Å²) in [4.78, 5) is 23.7. The largest absolute Gasteiger partial charge is 0.496 e. The van der Waals surface area contributed by atoms with Crippen LogP contribution in [0.1, 0.15) is 11.7 Å². The zero-order chi connectivity index (χ0) is 24.4. The number of pyridine rings is 1. The fourth-order valence-electron chi connectivity index (χ4n) is 4.31. The first-order valence-corrected chi connectivity index (χ1v) is 11.3. The van der Waals surface area contributed by atoms with Crippen molar-refractivity contribution >= 4 is 5.95 Å². The number of anilines is 1. The molecule has 3 heterocycles. The normalized spacial score (nSPS) is 15.7. The van der Waals surface area contributed by atoms with Crippen LogP contribution >= 0.6 is 0 Å². The van der Waals surface area contributed by atoms with E-state index in [1.807, 2.05) is 30.3 Å². The van der Waals surface area contributed by atoms with Gasteiger partial charge in [0.1, 0.15) is 17.7 Å². The first kappa shape index (κ1) is 22.7. The molecular formula is C27H25FN4O3. The second-order valence-electron chi connectivity index (χ2n) is 8.34. The zero-order valence-corrected chi connectivity index (χ0v) is 19.5. The summed E-state index contributed by atoms with van der Waals surface area (Å²) in [6.07, 6.45) is 3.05. The van der Waals surface area contributed by atoms with Crippen molar-refractivity contribution in [3.8, 4) is 28.1 Å². The minimum atomic E-state index is -0.305. The Hall–Kier alpha value is -4.04. The van der Waals surface area contributed by atoms with Crippen LogP contribution < -0.4 is 15.2 Å². The van der Waals surface area contributed by atoms with Gasteiger partial charge in [0.25, 0.3) is 5.56 Å². The molecule has 0 radical (unpaired) electrons. The van der Waals surface area contributed by atoms with Crippen LogP contribution in [-0.2, 0) is 11.8 Å². The number of morpholine rings is 1. The van der Waals surface area contributed by atoms with Crippen molar-refractivity contribution < 1.29 is 13.9 Å². The van der Waals surface area contributed by atoms with Crippen LogP contribution in [0.25, 0.3) is 22.4 Å². The van der Waals surface area contributed by atoms with Gasteiger partial charge in [-0.3, -0.25) is 14.3 Å². The topological polar surface area (TPSA) is 69.5 Å². The van der Waals surface area contributed by atoms with E-state index in [1.165, 1.54) is 18.2 Å². The Balaban J connectivity index is 1.49. The molecule has 4 aromatic rings. The molecule has 178 valence electrons. The average Bonchev–Trinajstić information content (AvgIpc) is 2.91. The third-order valence-electron chi connectivity index (χ3n) is 6.19. The molecule has 1 saturated heterocycles. The van der Waals surface area contributed by atoms with Crippen molar-refractivity contribution in [3.63, 3.8) is 0 Å². The summed E-state index contributed by atoms with van der Waals surface area (Å²) < 4.78 is 26.8. The van der Waals surface area contributed by atoms with Gasteiger partial charge in [0.05, 0.1) is 26.0 Å². The minimum Gasteiger partial charge on any atom is -0.496 e. The van der Waals surface area contributed by atoms with E-state index in [0.717, 1.165) is 22.3 Å². The van der Waals surface area contributed by atoms with E-state index in [9.17, 15) is 9.18 Å². The maximum Gasteiger partial charge on any atom is 0.255 e. The molecule has 1 aliphatic rings. The standard InChI is InChI=1S/C27H25FN4O3/c1-31-26(33)16-23(19-9-11-29-12-10-19)30-27(31)32-13-14-35-25(17-32)22-15-20(5-8-24(22)34-2)18-3-6-21(28)7-4-18/h3-12,15-16,25H,13-14,17H2,1-2H3. The van der Waals surface area contributed by atoms with Crippen molar-refractivity contribution in [2.24, 2.45) is 7.05 Å². The van der Waals surface area contributed by atoms with Gasteiger partial charge in [-0.1, -0.05) is 18.2 Å². The molecule has 1 aliphatic heterocycles. The van der Waals surface area contributed by atoms with Gasteiger partial charge in [0.2, 0.25) is 5.95 Å². The molecule has 1 atom stereocenters. The highest BCUT2D eigenvalue weighted by atomic mass is 19.1. The van der Waals surface area contributed by atoms with E-state index in [0.29, 0.717) is 37.1 Å². The Bertz CT molecular complexity index is 1390. The quantitative estimate of drug-likeness (QED) is 0.433. The third kappa shape index (κ3) is 4.65. The van der Waals surface area contributed by atoms with Crippen LogP contribution in [0, 0.1) is 5.82 Å². The summed E-state index contributed by atoms with van der Waals surface area (Å²) in [5.74, 6) is 1.00. The molecule has 0 bridgehead atoms. The van der Waals surface area contributed by atoms with Crippen LogP contribution in [0.4, 0.5) is 10.3 Å². The second kappa shape index (κ2) is 9.68. The molecule has 5 rings (SSSR count). The molecule has 0 saturated carbocycles. The van der Waals surface area contributed by atoms with E-state index < -0.39 is 0 Å². The third-order valence-corrected chi connectivity index (χ3v) is 6.19. The lowest BCUT2D eigenvalue weighted by Crippen LogP contribution is -2.41. The molecule has 0 spiro atoms. The molecule has 0 aliphatic carbocycles. The fraction of sp³-hybridized carbons (Fsp3) is 0.222. The predicted octanol–water partition coefficient (Wildman–Crippen LogP) is 4.23. The SMILES string of the molecule is COc1ccc(-c2ccc(F)cc2)cc1C1CN(c2nc(-c3ccncc3)cc(=O)n2C)CCO1.